The van der Waals surface area contributed by atoms with Crippen molar-refractivity contribution in [3.63, 3.8) is 0 Å². The predicted molar refractivity (Wildman–Crippen MR) is 103 cm³/mol. The Balaban J connectivity index is 1.39. The maximum absolute atomic E-state index is 12.6. The molecule has 1 unspecified atom stereocenters. The summed E-state index contributed by atoms with van der Waals surface area (Å²) in [5, 5.41) is 5.76. The number of carbonyl (C=O) groups excluding carboxylic acids is 1. The molecule has 1 aliphatic heterocycles. The Morgan fingerprint density at radius 2 is 2.00 bits per heavy atom. The number of nitrogens with zero attached hydrogens (tertiary/aromatic N) is 1. The second-order valence-electron chi connectivity index (χ2n) is 7.58. The summed E-state index contributed by atoms with van der Waals surface area (Å²) in [5.41, 5.74) is 2.67. The molecule has 1 heterocycles. The van der Waals surface area contributed by atoms with Crippen LogP contribution in [0, 0.1) is 5.92 Å². The summed E-state index contributed by atoms with van der Waals surface area (Å²) in [6.45, 7) is 4.18. The Bertz CT molecular complexity index is 826. The number of nitrogens with one attached hydrogen (secondary N) is 1. The van der Waals surface area contributed by atoms with Crippen molar-refractivity contribution in [2.24, 2.45) is 5.92 Å². The van der Waals surface area contributed by atoms with E-state index in [1.807, 2.05) is 0 Å². The van der Waals surface area contributed by atoms with E-state index >= 15 is 0 Å². The van der Waals surface area contributed by atoms with Crippen molar-refractivity contribution in [3.8, 4) is 0 Å². The number of fused-ring (bicyclic) bond motifs is 1. The Labute approximate surface area is 149 Å². The number of rotatable bonds is 4. The van der Waals surface area contributed by atoms with E-state index < -0.39 is 0 Å². The van der Waals surface area contributed by atoms with Gasteiger partial charge in [0.25, 0.3) is 0 Å². The molecule has 1 N–H and O–H groups in total. The molecule has 25 heavy (non-hydrogen) atoms. The molecule has 3 nitrogen and oxygen atoms in total. The lowest BCUT2D eigenvalue weighted by Crippen LogP contribution is -2.38. The lowest BCUT2D eigenvalue weighted by molar-refractivity contribution is -0.122. The van der Waals surface area contributed by atoms with Crippen LogP contribution in [0.1, 0.15) is 31.2 Å². The van der Waals surface area contributed by atoms with Crippen LogP contribution in [0.4, 0.5) is 0 Å². The van der Waals surface area contributed by atoms with E-state index in [-0.39, 0.29) is 17.9 Å². The molecule has 2 aromatic rings. The van der Waals surface area contributed by atoms with Crippen molar-refractivity contribution >= 4 is 16.7 Å². The van der Waals surface area contributed by atoms with Crippen LogP contribution >= 0.6 is 0 Å². The van der Waals surface area contributed by atoms with Crippen molar-refractivity contribution < 1.29 is 4.79 Å². The van der Waals surface area contributed by atoms with Crippen molar-refractivity contribution in [3.05, 3.63) is 59.7 Å². The third-order valence-electron chi connectivity index (χ3n) is 5.69. The molecule has 1 saturated carbocycles. The number of hydrogen-bond donors (Lipinski definition) is 1. The molecule has 2 aromatic carbocycles. The van der Waals surface area contributed by atoms with Crippen LogP contribution in [0.3, 0.4) is 0 Å². The smallest absolute Gasteiger partial charge is 0.224 e. The fraction of sp³-hybridized carbons (Fsp3) is 0.409. The van der Waals surface area contributed by atoms with Crippen molar-refractivity contribution in [1.29, 1.82) is 0 Å². The first-order chi connectivity index (χ1) is 12.1. The minimum atomic E-state index is 0.135. The molecule has 1 aliphatic carbocycles. The topological polar surface area (TPSA) is 32.3 Å². The van der Waals surface area contributed by atoms with Gasteiger partial charge in [0.1, 0.15) is 0 Å². The summed E-state index contributed by atoms with van der Waals surface area (Å²) in [4.78, 5) is 14.9. The molecule has 0 saturated heterocycles. The Kier molecular flexibility index (Phi) is 4.34. The summed E-state index contributed by atoms with van der Waals surface area (Å²) in [6.07, 6.45) is 4.29. The molecule has 2 aliphatic rings. The van der Waals surface area contributed by atoms with E-state index in [1.54, 1.807) is 0 Å². The molecule has 3 atom stereocenters. The summed E-state index contributed by atoms with van der Waals surface area (Å²) < 4.78 is 0. The lowest BCUT2D eigenvalue weighted by atomic mass is 10.0. The van der Waals surface area contributed by atoms with E-state index in [9.17, 15) is 4.79 Å². The molecule has 0 aromatic heterocycles. The first kappa shape index (κ1) is 16.3. The maximum Gasteiger partial charge on any atom is 0.224 e. The van der Waals surface area contributed by atoms with Gasteiger partial charge in [-0.25, -0.2) is 0 Å². The van der Waals surface area contributed by atoms with Crippen LogP contribution in [0.2, 0.25) is 0 Å². The van der Waals surface area contributed by atoms with E-state index in [0.717, 1.165) is 25.9 Å². The zero-order chi connectivity index (χ0) is 17.4. The molecule has 130 valence electrons. The zero-order valence-corrected chi connectivity index (χ0v) is 15.0. The van der Waals surface area contributed by atoms with E-state index in [0.29, 0.717) is 5.92 Å². The van der Waals surface area contributed by atoms with E-state index in [4.69, 9.17) is 0 Å². The second-order valence-corrected chi connectivity index (χ2v) is 7.58. The van der Waals surface area contributed by atoms with Crippen molar-refractivity contribution in [2.45, 2.75) is 31.7 Å². The lowest BCUT2D eigenvalue weighted by Gasteiger charge is -2.26. The second kappa shape index (κ2) is 6.64. The molecule has 1 amide bonds. The highest BCUT2D eigenvalue weighted by molar-refractivity contribution is 5.86. The van der Waals surface area contributed by atoms with Gasteiger partial charge in [-0.15, -0.1) is 0 Å². The number of amides is 1. The van der Waals surface area contributed by atoms with Gasteiger partial charge in [0.15, 0.2) is 0 Å². The van der Waals surface area contributed by atoms with Gasteiger partial charge in [-0.05, 0) is 54.6 Å². The standard InChI is InChI=1S/C22H26N2O/c1-15(16-9-11-24(2)12-10-16)23-22(25)21-14-20(21)19-8-7-17-5-3-4-6-18(17)13-19/h3-9,13,15,20-21H,10-12,14H2,1-2H3,(H,23,25)/t15?,20-,21+/m0/s1. The van der Waals surface area contributed by atoms with Gasteiger partial charge in [-0.3, -0.25) is 4.79 Å². The van der Waals surface area contributed by atoms with Gasteiger partial charge >= 0.3 is 0 Å². The Hall–Kier alpha value is -2.13. The van der Waals surface area contributed by atoms with Gasteiger partial charge < -0.3 is 10.2 Å². The van der Waals surface area contributed by atoms with Gasteiger partial charge in [-0.1, -0.05) is 48.5 Å². The van der Waals surface area contributed by atoms with Gasteiger partial charge in [-0.2, -0.15) is 0 Å². The summed E-state index contributed by atoms with van der Waals surface area (Å²) in [6, 6.07) is 15.2. The quantitative estimate of drug-likeness (QED) is 0.865. The third kappa shape index (κ3) is 3.47. The van der Waals surface area contributed by atoms with Crippen LogP contribution in [0.15, 0.2) is 54.1 Å². The van der Waals surface area contributed by atoms with Crippen LogP contribution in [-0.4, -0.2) is 37.0 Å². The molecule has 3 heteroatoms. The summed E-state index contributed by atoms with van der Waals surface area (Å²) in [5.74, 6) is 0.726. The first-order valence-electron chi connectivity index (χ1n) is 9.28. The molecule has 0 radical (unpaired) electrons. The monoisotopic (exact) mass is 334 g/mol. The average Bonchev–Trinajstić information content (AvgIpc) is 3.43. The van der Waals surface area contributed by atoms with Crippen LogP contribution in [-0.2, 0) is 4.79 Å². The van der Waals surface area contributed by atoms with E-state index in [2.05, 4.69) is 72.7 Å². The van der Waals surface area contributed by atoms with Gasteiger partial charge in [0.2, 0.25) is 5.91 Å². The molecular formula is C22H26N2O. The SMILES string of the molecule is CC(NC(=O)[C@@H]1C[C@H]1c1ccc2ccccc2c1)C1=CCN(C)CC1. The largest absolute Gasteiger partial charge is 0.350 e. The third-order valence-corrected chi connectivity index (χ3v) is 5.69. The molecule has 0 spiro atoms. The Morgan fingerprint density at radius 1 is 1.20 bits per heavy atom. The Morgan fingerprint density at radius 3 is 2.76 bits per heavy atom. The van der Waals surface area contributed by atoms with Gasteiger partial charge in [0, 0.05) is 25.0 Å². The van der Waals surface area contributed by atoms with Crippen LogP contribution in [0.5, 0.6) is 0 Å². The molecule has 4 rings (SSSR count). The molecule has 0 bridgehead atoms. The van der Waals surface area contributed by atoms with Crippen molar-refractivity contribution in [1.82, 2.24) is 10.2 Å². The normalized spacial score (nSPS) is 24.6. The van der Waals surface area contributed by atoms with Crippen LogP contribution < -0.4 is 5.32 Å². The number of likely N-dealkylation sites (N-methyl/N-ethyl adjacent to an activating group) is 1. The minimum Gasteiger partial charge on any atom is -0.350 e. The highest BCUT2D eigenvalue weighted by atomic mass is 16.2. The summed E-state index contributed by atoms with van der Waals surface area (Å²) >= 11 is 0. The van der Waals surface area contributed by atoms with E-state index in [1.165, 1.54) is 21.9 Å². The number of carbonyl (C=O) groups is 1. The first-order valence-corrected chi connectivity index (χ1v) is 9.28. The predicted octanol–water partition coefficient (Wildman–Crippen LogP) is 3.71. The highest BCUT2D eigenvalue weighted by Crippen LogP contribution is 2.48. The summed E-state index contributed by atoms with van der Waals surface area (Å²) in [7, 11) is 2.13. The fourth-order valence-corrected chi connectivity index (χ4v) is 3.88. The number of hydrogen-bond acceptors (Lipinski definition) is 2. The van der Waals surface area contributed by atoms with Crippen molar-refractivity contribution in [2.75, 3.05) is 20.1 Å². The van der Waals surface area contributed by atoms with Crippen LogP contribution in [0.25, 0.3) is 10.8 Å². The molecule has 1 fully saturated rings. The fourth-order valence-electron chi connectivity index (χ4n) is 3.88. The average molecular weight is 334 g/mol. The molecular weight excluding hydrogens is 308 g/mol. The van der Waals surface area contributed by atoms with Gasteiger partial charge in [0.05, 0.1) is 0 Å². The zero-order valence-electron chi connectivity index (χ0n) is 15.0. The maximum atomic E-state index is 12.6. The highest BCUT2D eigenvalue weighted by Gasteiger charge is 2.44. The minimum absolute atomic E-state index is 0.135. The number of benzene rings is 2.